The Kier molecular flexibility index (Phi) is 5.44. The van der Waals surface area contributed by atoms with Gasteiger partial charge in [0.1, 0.15) is 10.7 Å². The molecular formula is C22H25FN2O3S. The smallest absolute Gasteiger partial charge is 0.245 e. The molecule has 2 heterocycles. The van der Waals surface area contributed by atoms with Crippen LogP contribution in [0.5, 0.6) is 0 Å². The van der Waals surface area contributed by atoms with Crippen LogP contribution in [0.4, 0.5) is 10.1 Å². The summed E-state index contributed by atoms with van der Waals surface area (Å²) in [5, 5.41) is 0. The SMILES string of the molecule is Cc1ccc2c(c1)CCCN2C(=O)C1CCN(S(=O)(=O)c2ccccc2F)CC1. The van der Waals surface area contributed by atoms with Crippen molar-refractivity contribution in [3.05, 3.63) is 59.4 Å². The molecule has 0 bridgehead atoms. The molecule has 0 atom stereocenters. The van der Waals surface area contributed by atoms with Crippen molar-refractivity contribution in [3.8, 4) is 0 Å². The molecule has 1 fully saturated rings. The number of nitrogens with zero attached hydrogens (tertiary/aromatic N) is 2. The maximum Gasteiger partial charge on any atom is 0.245 e. The summed E-state index contributed by atoms with van der Waals surface area (Å²) in [6, 6.07) is 11.6. The number of fused-ring (bicyclic) bond motifs is 1. The first-order valence-corrected chi connectivity index (χ1v) is 11.5. The highest BCUT2D eigenvalue weighted by Gasteiger charge is 2.36. The van der Waals surface area contributed by atoms with E-state index in [1.165, 1.54) is 33.6 Å². The Morgan fingerprint density at radius 1 is 1.07 bits per heavy atom. The number of sulfonamides is 1. The van der Waals surface area contributed by atoms with Gasteiger partial charge in [0.05, 0.1) is 0 Å². The zero-order valence-electron chi connectivity index (χ0n) is 16.5. The number of hydrogen-bond acceptors (Lipinski definition) is 3. The van der Waals surface area contributed by atoms with Crippen molar-refractivity contribution in [1.82, 2.24) is 4.31 Å². The molecule has 4 rings (SSSR count). The van der Waals surface area contributed by atoms with Crippen molar-refractivity contribution in [2.75, 3.05) is 24.5 Å². The quantitative estimate of drug-likeness (QED) is 0.769. The highest BCUT2D eigenvalue weighted by atomic mass is 32.2. The van der Waals surface area contributed by atoms with Gasteiger partial charge in [-0.3, -0.25) is 4.79 Å². The summed E-state index contributed by atoms with van der Waals surface area (Å²) in [4.78, 5) is 14.7. The first kappa shape index (κ1) is 20.0. The zero-order valence-corrected chi connectivity index (χ0v) is 17.3. The van der Waals surface area contributed by atoms with Gasteiger partial charge in [-0.15, -0.1) is 0 Å². The predicted molar refractivity (Wildman–Crippen MR) is 110 cm³/mol. The molecule has 1 saturated heterocycles. The van der Waals surface area contributed by atoms with E-state index >= 15 is 0 Å². The topological polar surface area (TPSA) is 57.7 Å². The molecule has 0 N–H and O–H groups in total. The molecule has 7 heteroatoms. The maximum atomic E-state index is 14.0. The molecular weight excluding hydrogens is 391 g/mol. The number of carbonyl (C=O) groups is 1. The molecule has 2 aliphatic heterocycles. The molecule has 2 aliphatic rings. The zero-order chi connectivity index (χ0) is 20.6. The van der Waals surface area contributed by atoms with Crippen molar-refractivity contribution in [2.24, 2.45) is 5.92 Å². The van der Waals surface area contributed by atoms with E-state index in [1.54, 1.807) is 0 Å². The van der Waals surface area contributed by atoms with Crippen LogP contribution in [0.1, 0.15) is 30.4 Å². The van der Waals surface area contributed by atoms with Gasteiger partial charge in [-0.1, -0.05) is 29.8 Å². The lowest BCUT2D eigenvalue weighted by atomic mass is 9.93. The van der Waals surface area contributed by atoms with Crippen LogP contribution in [-0.4, -0.2) is 38.3 Å². The van der Waals surface area contributed by atoms with Crippen LogP contribution in [0.2, 0.25) is 0 Å². The normalized spacial score (nSPS) is 18.5. The summed E-state index contributed by atoms with van der Waals surface area (Å²) in [5.74, 6) is -0.891. The molecule has 2 aromatic carbocycles. The summed E-state index contributed by atoms with van der Waals surface area (Å²) in [6.07, 6.45) is 2.80. The van der Waals surface area contributed by atoms with E-state index in [4.69, 9.17) is 0 Å². The van der Waals surface area contributed by atoms with Gasteiger partial charge in [-0.2, -0.15) is 4.31 Å². The predicted octanol–water partition coefficient (Wildman–Crippen LogP) is 3.51. The Balaban J connectivity index is 1.47. The van der Waals surface area contributed by atoms with Crippen LogP contribution < -0.4 is 4.90 Å². The van der Waals surface area contributed by atoms with Gasteiger partial charge in [-0.05, 0) is 56.4 Å². The molecule has 154 valence electrons. The summed E-state index contributed by atoms with van der Waals surface area (Å²) in [7, 11) is -3.89. The van der Waals surface area contributed by atoms with Crippen molar-refractivity contribution in [1.29, 1.82) is 0 Å². The Labute approximate surface area is 171 Å². The third-order valence-corrected chi connectivity index (χ3v) is 7.81. The van der Waals surface area contributed by atoms with E-state index in [0.29, 0.717) is 19.4 Å². The number of piperidine rings is 1. The van der Waals surface area contributed by atoms with Gasteiger partial charge in [0.25, 0.3) is 0 Å². The Morgan fingerprint density at radius 2 is 1.79 bits per heavy atom. The number of aryl methyl sites for hydroxylation is 2. The van der Waals surface area contributed by atoms with Crippen LogP contribution in [0, 0.1) is 18.7 Å². The van der Waals surface area contributed by atoms with Crippen LogP contribution in [0.25, 0.3) is 0 Å². The van der Waals surface area contributed by atoms with Crippen molar-refractivity contribution >= 4 is 21.6 Å². The second-order valence-electron chi connectivity index (χ2n) is 7.83. The fourth-order valence-corrected chi connectivity index (χ4v) is 5.85. The Bertz CT molecular complexity index is 1030. The average Bonchev–Trinajstić information content (AvgIpc) is 2.73. The summed E-state index contributed by atoms with van der Waals surface area (Å²) >= 11 is 0. The average molecular weight is 417 g/mol. The van der Waals surface area contributed by atoms with E-state index in [0.717, 1.165) is 24.6 Å². The van der Waals surface area contributed by atoms with E-state index in [1.807, 2.05) is 24.0 Å². The lowest BCUT2D eigenvalue weighted by Gasteiger charge is -2.36. The number of benzene rings is 2. The number of anilines is 1. The second kappa shape index (κ2) is 7.88. The highest BCUT2D eigenvalue weighted by molar-refractivity contribution is 7.89. The van der Waals surface area contributed by atoms with Gasteiger partial charge >= 0.3 is 0 Å². The summed E-state index contributed by atoms with van der Waals surface area (Å²) in [6.45, 7) is 3.19. The Hall–Kier alpha value is -2.25. The largest absolute Gasteiger partial charge is 0.312 e. The summed E-state index contributed by atoms with van der Waals surface area (Å²) in [5.41, 5.74) is 3.36. The fraction of sp³-hybridized carbons (Fsp3) is 0.409. The molecule has 0 aromatic heterocycles. The summed E-state index contributed by atoms with van der Waals surface area (Å²) < 4.78 is 40.8. The van der Waals surface area contributed by atoms with E-state index < -0.39 is 15.8 Å². The molecule has 0 spiro atoms. The molecule has 29 heavy (non-hydrogen) atoms. The van der Waals surface area contributed by atoms with Gasteiger partial charge in [-0.25, -0.2) is 12.8 Å². The van der Waals surface area contributed by atoms with E-state index in [2.05, 4.69) is 6.07 Å². The number of carbonyl (C=O) groups excluding carboxylic acids is 1. The minimum Gasteiger partial charge on any atom is -0.312 e. The molecule has 0 radical (unpaired) electrons. The fourth-order valence-electron chi connectivity index (χ4n) is 4.31. The second-order valence-corrected chi connectivity index (χ2v) is 9.74. The minimum absolute atomic E-state index is 0.0674. The molecule has 0 unspecified atom stereocenters. The van der Waals surface area contributed by atoms with Gasteiger partial charge in [0.2, 0.25) is 15.9 Å². The Morgan fingerprint density at radius 3 is 2.52 bits per heavy atom. The van der Waals surface area contributed by atoms with Crippen molar-refractivity contribution in [3.63, 3.8) is 0 Å². The van der Waals surface area contributed by atoms with Gasteiger partial charge in [0.15, 0.2) is 0 Å². The first-order chi connectivity index (χ1) is 13.9. The number of rotatable bonds is 3. The van der Waals surface area contributed by atoms with E-state index in [-0.39, 0.29) is 29.8 Å². The van der Waals surface area contributed by atoms with Crippen LogP contribution in [0.3, 0.4) is 0 Å². The third-order valence-electron chi connectivity index (χ3n) is 5.88. The minimum atomic E-state index is -3.89. The lowest BCUT2D eigenvalue weighted by Crippen LogP contribution is -2.45. The highest BCUT2D eigenvalue weighted by Crippen LogP contribution is 2.32. The molecule has 2 aromatic rings. The molecule has 1 amide bonds. The van der Waals surface area contributed by atoms with Crippen LogP contribution in [-0.2, 0) is 21.2 Å². The molecule has 0 saturated carbocycles. The first-order valence-electron chi connectivity index (χ1n) is 10.0. The van der Waals surface area contributed by atoms with Crippen LogP contribution >= 0.6 is 0 Å². The number of hydrogen-bond donors (Lipinski definition) is 0. The van der Waals surface area contributed by atoms with Gasteiger partial charge < -0.3 is 4.90 Å². The maximum absolute atomic E-state index is 14.0. The van der Waals surface area contributed by atoms with Crippen molar-refractivity contribution < 1.29 is 17.6 Å². The third kappa shape index (κ3) is 3.81. The monoisotopic (exact) mass is 416 g/mol. The molecule has 0 aliphatic carbocycles. The number of halogens is 1. The van der Waals surface area contributed by atoms with Crippen molar-refractivity contribution in [2.45, 2.75) is 37.5 Å². The van der Waals surface area contributed by atoms with E-state index in [9.17, 15) is 17.6 Å². The molecule has 5 nitrogen and oxygen atoms in total. The standard InChI is InChI=1S/C22H25FN2O3S/c1-16-8-9-20-18(15-16)5-4-12-25(20)22(26)17-10-13-24(14-11-17)29(27,28)21-7-3-2-6-19(21)23/h2-3,6-9,15,17H,4-5,10-14H2,1H3. The number of amides is 1. The van der Waals surface area contributed by atoms with Crippen LogP contribution in [0.15, 0.2) is 47.4 Å². The lowest BCUT2D eigenvalue weighted by molar-refractivity contribution is -0.123. The van der Waals surface area contributed by atoms with Gasteiger partial charge in [0, 0.05) is 31.2 Å².